The van der Waals surface area contributed by atoms with Gasteiger partial charge in [-0.3, -0.25) is 0 Å². The Balaban J connectivity index is 1.89. The normalized spacial score (nSPS) is 12.6. The number of hydrogen-bond acceptors (Lipinski definition) is 3. The molecule has 0 spiro atoms. The van der Waals surface area contributed by atoms with E-state index in [2.05, 4.69) is 55.4 Å². The molecule has 0 saturated heterocycles. The van der Waals surface area contributed by atoms with E-state index in [-0.39, 0.29) is 12.6 Å². The first-order chi connectivity index (χ1) is 9.19. The molecule has 2 N–H and O–H groups in total. The average molecular weight is 405 g/mol. The SMILES string of the molecule is OC[C@H](Cc1ccccc1)NCc1cc(Br)c(Br)s1. The van der Waals surface area contributed by atoms with Gasteiger partial charge in [-0.05, 0) is 49.9 Å². The molecule has 0 unspecified atom stereocenters. The van der Waals surface area contributed by atoms with Gasteiger partial charge in [0.2, 0.25) is 0 Å². The third-order valence-electron chi connectivity index (χ3n) is 2.81. The molecule has 19 heavy (non-hydrogen) atoms. The molecule has 102 valence electrons. The van der Waals surface area contributed by atoms with Gasteiger partial charge >= 0.3 is 0 Å². The standard InChI is InChI=1S/C14H15Br2NOS/c15-13-7-12(19-14(13)16)8-17-11(9-18)6-10-4-2-1-3-5-10/h1-5,7,11,17-18H,6,8-9H2/t11-/m0/s1. The van der Waals surface area contributed by atoms with Crippen LogP contribution in [0.1, 0.15) is 10.4 Å². The van der Waals surface area contributed by atoms with Crippen LogP contribution in [-0.2, 0) is 13.0 Å². The van der Waals surface area contributed by atoms with Crippen molar-refractivity contribution in [2.45, 2.75) is 19.0 Å². The highest BCUT2D eigenvalue weighted by molar-refractivity contribution is 9.13. The van der Waals surface area contributed by atoms with E-state index in [0.29, 0.717) is 0 Å². The summed E-state index contributed by atoms with van der Waals surface area (Å²) in [7, 11) is 0. The Bertz CT molecular complexity index is 496. The number of halogens is 2. The van der Waals surface area contributed by atoms with Gasteiger partial charge in [0.25, 0.3) is 0 Å². The molecule has 0 fully saturated rings. The third-order valence-corrected chi connectivity index (χ3v) is 6.06. The molecule has 1 heterocycles. The van der Waals surface area contributed by atoms with Crippen molar-refractivity contribution >= 4 is 43.2 Å². The molecule has 1 aromatic heterocycles. The predicted molar refractivity (Wildman–Crippen MR) is 87.6 cm³/mol. The van der Waals surface area contributed by atoms with Gasteiger partial charge in [-0.25, -0.2) is 0 Å². The summed E-state index contributed by atoms with van der Waals surface area (Å²) < 4.78 is 2.19. The van der Waals surface area contributed by atoms with E-state index >= 15 is 0 Å². The van der Waals surface area contributed by atoms with Gasteiger partial charge in [0.1, 0.15) is 0 Å². The first-order valence-electron chi connectivity index (χ1n) is 6.01. The number of hydrogen-bond donors (Lipinski definition) is 2. The number of nitrogens with one attached hydrogen (secondary N) is 1. The fourth-order valence-electron chi connectivity index (χ4n) is 1.82. The van der Waals surface area contributed by atoms with Crippen LogP contribution in [0.4, 0.5) is 0 Å². The summed E-state index contributed by atoms with van der Waals surface area (Å²) in [6, 6.07) is 12.4. The first kappa shape index (κ1) is 15.2. The molecule has 0 radical (unpaired) electrons. The number of rotatable bonds is 6. The maximum Gasteiger partial charge on any atom is 0.0843 e. The summed E-state index contributed by atoms with van der Waals surface area (Å²) in [6.07, 6.45) is 0.838. The number of thiophene rings is 1. The van der Waals surface area contributed by atoms with Crippen molar-refractivity contribution in [2.24, 2.45) is 0 Å². The van der Waals surface area contributed by atoms with E-state index in [1.165, 1.54) is 10.4 Å². The van der Waals surface area contributed by atoms with Crippen molar-refractivity contribution in [3.63, 3.8) is 0 Å². The van der Waals surface area contributed by atoms with Crippen LogP contribution in [0, 0.1) is 0 Å². The average Bonchev–Trinajstić information content (AvgIpc) is 2.75. The quantitative estimate of drug-likeness (QED) is 0.763. The van der Waals surface area contributed by atoms with Gasteiger partial charge in [0.15, 0.2) is 0 Å². The first-order valence-corrected chi connectivity index (χ1v) is 8.41. The van der Waals surface area contributed by atoms with E-state index in [4.69, 9.17) is 0 Å². The molecule has 0 aliphatic carbocycles. The van der Waals surface area contributed by atoms with Crippen LogP contribution in [0.25, 0.3) is 0 Å². The minimum Gasteiger partial charge on any atom is -0.395 e. The van der Waals surface area contributed by atoms with E-state index < -0.39 is 0 Å². The molecule has 2 rings (SSSR count). The summed E-state index contributed by atoms with van der Waals surface area (Å²) >= 11 is 8.67. The summed E-state index contributed by atoms with van der Waals surface area (Å²) in [5.74, 6) is 0. The van der Waals surface area contributed by atoms with Crippen LogP contribution in [0.2, 0.25) is 0 Å². The van der Waals surface area contributed by atoms with Gasteiger partial charge in [-0.1, -0.05) is 30.3 Å². The Labute approximate surface area is 134 Å². The smallest absolute Gasteiger partial charge is 0.0843 e. The molecule has 0 saturated carbocycles. The van der Waals surface area contributed by atoms with Gasteiger partial charge in [0, 0.05) is 21.9 Å². The van der Waals surface area contributed by atoms with Crippen LogP contribution in [0.3, 0.4) is 0 Å². The second kappa shape index (κ2) is 7.55. The monoisotopic (exact) mass is 403 g/mol. The Morgan fingerprint density at radius 2 is 1.95 bits per heavy atom. The molecule has 0 bridgehead atoms. The second-order valence-electron chi connectivity index (χ2n) is 4.28. The minimum atomic E-state index is 0.0852. The number of aliphatic hydroxyl groups excluding tert-OH is 1. The molecular formula is C14H15Br2NOS. The lowest BCUT2D eigenvalue weighted by atomic mass is 10.1. The van der Waals surface area contributed by atoms with Gasteiger partial charge < -0.3 is 10.4 Å². The van der Waals surface area contributed by atoms with Crippen LogP contribution in [0.15, 0.2) is 44.7 Å². The maximum atomic E-state index is 9.45. The topological polar surface area (TPSA) is 32.3 Å². The Morgan fingerprint density at radius 1 is 1.21 bits per heavy atom. The summed E-state index contributed by atoms with van der Waals surface area (Å²) in [5, 5.41) is 12.8. The van der Waals surface area contributed by atoms with Crippen LogP contribution in [0.5, 0.6) is 0 Å². The number of aliphatic hydroxyl groups is 1. The fraction of sp³-hybridized carbons (Fsp3) is 0.286. The van der Waals surface area contributed by atoms with Gasteiger partial charge in [-0.2, -0.15) is 0 Å². The highest BCUT2D eigenvalue weighted by Gasteiger charge is 2.10. The Kier molecular flexibility index (Phi) is 6.04. The lowest BCUT2D eigenvalue weighted by Gasteiger charge is -2.15. The molecule has 2 nitrogen and oxygen atoms in total. The van der Waals surface area contributed by atoms with Gasteiger partial charge in [-0.15, -0.1) is 11.3 Å². The Hall–Kier alpha value is -0.200. The largest absolute Gasteiger partial charge is 0.395 e. The van der Waals surface area contributed by atoms with Crippen molar-refractivity contribution in [1.29, 1.82) is 0 Å². The number of benzene rings is 1. The summed E-state index contributed by atoms with van der Waals surface area (Å²) in [5.41, 5.74) is 1.24. The van der Waals surface area contributed by atoms with Crippen LogP contribution < -0.4 is 5.32 Å². The molecule has 5 heteroatoms. The van der Waals surface area contributed by atoms with Crippen molar-refractivity contribution in [1.82, 2.24) is 5.32 Å². The van der Waals surface area contributed by atoms with Crippen molar-refractivity contribution in [2.75, 3.05) is 6.61 Å². The highest BCUT2D eigenvalue weighted by atomic mass is 79.9. The predicted octanol–water partition coefficient (Wildman–Crippen LogP) is 3.97. The minimum absolute atomic E-state index is 0.0852. The molecule has 0 aliphatic heterocycles. The lowest BCUT2D eigenvalue weighted by molar-refractivity contribution is 0.241. The summed E-state index contributed by atoms with van der Waals surface area (Å²) in [4.78, 5) is 1.24. The highest BCUT2D eigenvalue weighted by Crippen LogP contribution is 2.32. The lowest BCUT2D eigenvalue weighted by Crippen LogP contribution is -2.33. The third kappa shape index (κ3) is 4.68. The summed E-state index contributed by atoms with van der Waals surface area (Å²) in [6.45, 7) is 0.912. The molecule has 0 amide bonds. The fourth-order valence-corrected chi connectivity index (χ4v) is 3.95. The molecule has 0 aliphatic rings. The van der Waals surface area contributed by atoms with Crippen molar-refractivity contribution in [3.05, 3.63) is 55.1 Å². The zero-order chi connectivity index (χ0) is 13.7. The zero-order valence-electron chi connectivity index (χ0n) is 10.3. The maximum absolute atomic E-state index is 9.45. The zero-order valence-corrected chi connectivity index (χ0v) is 14.3. The second-order valence-corrected chi connectivity index (χ2v) is 7.59. The Morgan fingerprint density at radius 3 is 2.53 bits per heavy atom. The van der Waals surface area contributed by atoms with Crippen molar-refractivity contribution < 1.29 is 5.11 Å². The molecule has 1 aromatic carbocycles. The molecule has 2 aromatic rings. The van der Waals surface area contributed by atoms with Crippen molar-refractivity contribution in [3.8, 4) is 0 Å². The van der Waals surface area contributed by atoms with E-state index in [9.17, 15) is 5.11 Å². The van der Waals surface area contributed by atoms with E-state index in [1.807, 2.05) is 18.2 Å². The van der Waals surface area contributed by atoms with Crippen LogP contribution >= 0.6 is 43.2 Å². The van der Waals surface area contributed by atoms with Crippen LogP contribution in [-0.4, -0.2) is 17.8 Å². The molecular weight excluding hydrogens is 390 g/mol. The van der Waals surface area contributed by atoms with Gasteiger partial charge in [0.05, 0.1) is 10.4 Å². The molecule has 1 atom stereocenters. The van der Waals surface area contributed by atoms with E-state index in [1.54, 1.807) is 11.3 Å². The van der Waals surface area contributed by atoms with E-state index in [0.717, 1.165) is 21.2 Å².